The number of thiophene rings is 1. The predicted molar refractivity (Wildman–Crippen MR) is 104 cm³/mol. The Bertz CT molecular complexity index is 786. The van der Waals surface area contributed by atoms with Crippen LogP contribution in [0.4, 0.5) is 5.69 Å². The number of rotatable bonds is 5. The lowest BCUT2D eigenvalue weighted by Gasteiger charge is -2.28. The number of halogens is 1. The minimum atomic E-state index is -0.704. The van der Waals surface area contributed by atoms with Gasteiger partial charge in [0, 0.05) is 17.6 Å². The van der Waals surface area contributed by atoms with E-state index in [2.05, 4.69) is 27.5 Å². The lowest BCUT2D eigenvalue weighted by Crippen LogP contribution is -2.43. The van der Waals surface area contributed by atoms with E-state index < -0.39 is 11.8 Å². The predicted octanol–water partition coefficient (Wildman–Crippen LogP) is 3.98. The third kappa shape index (κ3) is 4.02. The highest BCUT2D eigenvalue weighted by Crippen LogP contribution is 2.41. The van der Waals surface area contributed by atoms with Crippen molar-refractivity contribution in [1.82, 2.24) is 5.32 Å². The molecule has 1 fully saturated rings. The van der Waals surface area contributed by atoms with Gasteiger partial charge in [0.05, 0.1) is 12.1 Å². The number of benzene rings is 1. The smallest absolute Gasteiger partial charge is 0.313 e. The third-order valence-electron chi connectivity index (χ3n) is 4.90. The quantitative estimate of drug-likeness (QED) is 0.756. The molecule has 2 N–H and O–H groups in total. The first-order valence-corrected chi connectivity index (χ1v) is 9.81. The van der Waals surface area contributed by atoms with Crippen LogP contribution in [0.2, 0.25) is 5.02 Å². The minimum absolute atomic E-state index is 0.0562. The summed E-state index contributed by atoms with van der Waals surface area (Å²) in [6.45, 7) is 0.472. The van der Waals surface area contributed by atoms with Gasteiger partial charge in [-0.05, 0) is 53.4 Å². The summed E-state index contributed by atoms with van der Waals surface area (Å²) in [6, 6.07) is 6.94. The van der Waals surface area contributed by atoms with E-state index in [0.717, 1.165) is 25.7 Å². The van der Waals surface area contributed by atoms with E-state index in [-0.39, 0.29) is 5.41 Å². The molecule has 1 aliphatic rings. The maximum Gasteiger partial charge on any atom is 0.313 e. The first kappa shape index (κ1) is 18.7. The van der Waals surface area contributed by atoms with Gasteiger partial charge in [-0.1, -0.05) is 24.4 Å². The molecule has 1 aromatic heterocycles. The summed E-state index contributed by atoms with van der Waals surface area (Å²) >= 11 is 7.70. The summed E-state index contributed by atoms with van der Waals surface area (Å²) in [4.78, 5) is 24.4. The van der Waals surface area contributed by atoms with Crippen molar-refractivity contribution in [3.63, 3.8) is 0 Å². The Labute approximate surface area is 161 Å². The monoisotopic (exact) mass is 392 g/mol. The molecule has 0 saturated heterocycles. The highest BCUT2D eigenvalue weighted by molar-refractivity contribution is 7.08. The van der Waals surface area contributed by atoms with Gasteiger partial charge >= 0.3 is 11.8 Å². The van der Waals surface area contributed by atoms with Gasteiger partial charge in [0.1, 0.15) is 5.75 Å². The average Bonchev–Trinajstić information content (AvgIpc) is 3.32. The molecule has 2 amide bonds. The SMILES string of the molecule is COc1ccc(NC(=O)C(=O)NCC2(c3ccsc3)CCCC2)cc1Cl. The van der Waals surface area contributed by atoms with E-state index in [0.29, 0.717) is 23.0 Å². The van der Waals surface area contributed by atoms with Gasteiger partial charge in [-0.2, -0.15) is 11.3 Å². The second kappa shape index (κ2) is 8.10. The van der Waals surface area contributed by atoms with E-state index >= 15 is 0 Å². The number of carbonyl (C=O) groups excluding carboxylic acids is 2. The molecule has 0 aliphatic heterocycles. The molecule has 2 aromatic rings. The van der Waals surface area contributed by atoms with Crippen molar-refractivity contribution in [3.05, 3.63) is 45.6 Å². The zero-order chi connectivity index (χ0) is 18.6. The van der Waals surface area contributed by atoms with Crippen LogP contribution in [0.25, 0.3) is 0 Å². The van der Waals surface area contributed by atoms with Crippen LogP contribution < -0.4 is 15.4 Å². The maximum absolute atomic E-state index is 12.2. The Kier molecular flexibility index (Phi) is 5.84. The lowest BCUT2D eigenvalue weighted by molar-refractivity contribution is -0.136. The number of hydrogen-bond donors (Lipinski definition) is 2. The van der Waals surface area contributed by atoms with Crippen LogP contribution in [0, 0.1) is 0 Å². The highest BCUT2D eigenvalue weighted by atomic mass is 35.5. The highest BCUT2D eigenvalue weighted by Gasteiger charge is 2.36. The number of methoxy groups -OCH3 is 1. The molecule has 138 valence electrons. The Morgan fingerprint density at radius 3 is 2.62 bits per heavy atom. The van der Waals surface area contributed by atoms with Crippen LogP contribution in [-0.4, -0.2) is 25.5 Å². The van der Waals surface area contributed by atoms with Crippen LogP contribution in [0.1, 0.15) is 31.2 Å². The van der Waals surface area contributed by atoms with Crippen molar-refractivity contribution < 1.29 is 14.3 Å². The third-order valence-corrected chi connectivity index (χ3v) is 5.88. The van der Waals surface area contributed by atoms with E-state index in [4.69, 9.17) is 16.3 Å². The second-order valence-corrected chi connectivity index (χ2v) is 7.67. The van der Waals surface area contributed by atoms with Crippen molar-refractivity contribution >= 4 is 40.4 Å². The number of hydrogen-bond acceptors (Lipinski definition) is 4. The summed E-state index contributed by atoms with van der Waals surface area (Å²) in [7, 11) is 1.51. The van der Waals surface area contributed by atoms with Crippen LogP contribution in [-0.2, 0) is 15.0 Å². The fraction of sp³-hybridized carbons (Fsp3) is 0.368. The molecular formula is C19H21ClN2O3S. The van der Waals surface area contributed by atoms with Crippen molar-refractivity contribution in [1.29, 1.82) is 0 Å². The molecule has 3 rings (SSSR count). The molecule has 0 unspecified atom stereocenters. The largest absolute Gasteiger partial charge is 0.495 e. The van der Waals surface area contributed by atoms with Crippen molar-refractivity contribution in [2.24, 2.45) is 0 Å². The van der Waals surface area contributed by atoms with Gasteiger partial charge in [0.15, 0.2) is 0 Å². The second-order valence-electron chi connectivity index (χ2n) is 6.49. The van der Waals surface area contributed by atoms with Gasteiger partial charge in [-0.15, -0.1) is 0 Å². The topological polar surface area (TPSA) is 67.4 Å². The molecule has 5 nitrogen and oxygen atoms in total. The summed E-state index contributed by atoms with van der Waals surface area (Å²) in [5, 5.41) is 9.93. The minimum Gasteiger partial charge on any atom is -0.495 e. The molecule has 1 aromatic carbocycles. The number of ether oxygens (including phenoxy) is 1. The Hall–Kier alpha value is -2.05. The van der Waals surface area contributed by atoms with E-state index in [9.17, 15) is 9.59 Å². The number of anilines is 1. The molecule has 0 bridgehead atoms. The molecule has 7 heteroatoms. The molecule has 0 atom stereocenters. The summed E-state index contributed by atoms with van der Waals surface area (Å²) < 4.78 is 5.07. The molecule has 0 radical (unpaired) electrons. The number of carbonyl (C=O) groups is 2. The van der Waals surface area contributed by atoms with E-state index in [1.807, 2.05) is 0 Å². The molecule has 1 heterocycles. The van der Waals surface area contributed by atoms with Crippen molar-refractivity contribution in [2.75, 3.05) is 19.0 Å². The Morgan fingerprint density at radius 1 is 1.23 bits per heavy atom. The number of amides is 2. The average molecular weight is 393 g/mol. The van der Waals surface area contributed by atoms with Crippen LogP contribution in [0.5, 0.6) is 5.75 Å². The van der Waals surface area contributed by atoms with Gasteiger partial charge in [0.2, 0.25) is 0 Å². The fourth-order valence-electron chi connectivity index (χ4n) is 3.45. The normalized spacial score (nSPS) is 15.5. The molecule has 1 aliphatic carbocycles. The van der Waals surface area contributed by atoms with Gasteiger partial charge in [-0.25, -0.2) is 0 Å². The van der Waals surface area contributed by atoms with Gasteiger partial charge in [0.25, 0.3) is 0 Å². The van der Waals surface area contributed by atoms with Crippen LogP contribution in [0.15, 0.2) is 35.0 Å². The molecular weight excluding hydrogens is 372 g/mol. The first-order valence-electron chi connectivity index (χ1n) is 8.49. The molecule has 0 spiro atoms. The van der Waals surface area contributed by atoms with Crippen molar-refractivity contribution in [2.45, 2.75) is 31.1 Å². The fourth-order valence-corrected chi connectivity index (χ4v) is 4.48. The van der Waals surface area contributed by atoms with E-state index in [1.165, 1.54) is 12.7 Å². The van der Waals surface area contributed by atoms with Crippen LogP contribution >= 0.6 is 22.9 Å². The number of nitrogens with one attached hydrogen (secondary N) is 2. The van der Waals surface area contributed by atoms with Gasteiger partial charge in [-0.3, -0.25) is 9.59 Å². The standard InChI is InChI=1S/C19H21ClN2O3S/c1-25-16-5-4-14(10-15(16)20)22-18(24)17(23)21-12-19(7-2-3-8-19)13-6-9-26-11-13/h4-6,9-11H,2-3,7-8,12H2,1H3,(H,21,23)(H,22,24). The lowest BCUT2D eigenvalue weighted by atomic mass is 9.80. The molecule has 1 saturated carbocycles. The van der Waals surface area contributed by atoms with Crippen LogP contribution in [0.3, 0.4) is 0 Å². The first-order chi connectivity index (χ1) is 12.5. The Balaban J connectivity index is 1.60. The zero-order valence-electron chi connectivity index (χ0n) is 14.5. The summed E-state index contributed by atoms with van der Waals surface area (Å²) in [5.41, 5.74) is 1.64. The zero-order valence-corrected chi connectivity index (χ0v) is 16.1. The summed E-state index contributed by atoms with van der Waals surface area (Å²) in [6.07, 6.45) is 4.34. The van der Waals surface area contributed by atoms with E-state index in [1.54, 1.807) is 29.5 Å². The molecule has 26 heavy (non-hydrogen) atoms. The maximum atomic E-state index is 12.2. The van der Waals surface area contributed by atoms with Crippen molar-refractivity contribution in [3.8, 4) is 5.75 Å². The summed E-state index contributed by atoms with van der Waals surface area (Å²) in [5.74, 6) is -0.837. The Morgan fingerprint density at radius 2 is 2.00 bits per heavy atom. The van der Waals surface area contributed by atoms with Gasteiger partial charge < -0.3 is 15.4 Å².